The number of fused-ring (bicyclic) bond motifs is 8. The zero-order chi connectivity index (χ0) is 28.3. The molecule has 4 aliphatic rings. The summed E-state index contributed by atoms with van der Waals surface area (Å²) >= 11 is 0. The van der Waals surface area contributed by atoms with E-state index < -0.39 is 0 Å². The lowest BCUT2D eigenvalue weighted by Gasteiger charge is -2.31. The van der Waals surface area contributed by atoms with Gasteiger partial charge in [0.25, 0.3) is 0 Å². The number of hydrogen-bond donors (Lipinski definition) is 0. The van der Waals surface area contributed by atoms with Gasteiger partial charge in [-0.2, -0.15) is 0 Å². The molecule has 4 aromatic rings. The molecule has 0 atom stereocenters. The van der Waals surface area contributed by atoms with E-state index >= 15 is 0 Å². The molecular weight excluding hydrogens is 506 g/mol. The molecule has 0 radical (unpaired) electrons. The van der Waals surface area contributed by atoms with Crippen LogP contribution in [0.1, 0.15) is 54.9 Å². The van der Waals surface area contributed by atoms with Gasteiger partial charge in [0.1, 0.15) is 0 Å². The van der Waals surface area contributed by atoms with E-state index in [1.54, 1.807) is 0 Å². The molecule has 4 aromatic carbocycles. The molecule has 0 saturated heterocycles. The summed E-state index contributed by atoms with van der Waals surface area (Å²) in [6.45, 7) is 6.89. The number of aliphatic imine (C=N–C) groups is 1. The molecule has 1 heteroatoms. The maximum Gasteiger partial charge on any atom is 0.0753 e. The van der Waals surface area contributed by atoms with E-state index in [0.717, 1.165) is 42.7 Å². The van der Waals surface area contributed by atoms with Gasteiger partial charge in [-0.05, 0) is 93.1 Å². The molecule has 0 N–H and O–H groups in total. The third-order valence-electron chi connectivity index (χ3n) is 9.63. The smallest absolute Gasteiger partial charge is 0.0753 e. The first-order valence-corrected chi connectivity index (χ1v) is 15.1. The second-order valence-corrected chi connectivity index (χ2v) is 11.7. The van der Waals surface area contributed by atoms with Crippen molar-refractivity contribution < 1.29 is 0 Å². The highest BCUT2D eigenvalue weighted by Crippen LogP contribution is 2.62. The van der Waals surface area contributed by atoms with Crippen LogP contribution in [0.15, 0.2) is 144 Å². The highest BCUT2D eigenvalue weighted by molar-refractivity contribution is 6.44. The van der Waals surface area contributed by atoms with E-state index in [4.69, 9.17) is 4.99 Å². The van der Waals surface area contributed by atoms with Crippen LogP contribution in [0.4, 0.5) is 0 Å². The van der Waals surface area contributed by atoms with Crippen LogP contribution >= 0.6 is 0 Å². The number of rotatable bonds is 4. The maximum atomic E-state index is 5.51. The molecule has 0 amide bonds. The standard InChI is InChI=1S/C41H33N/c1-27-39(40(42-28(2)29-15-4-3-5-16-29)34-23-14-18-30-17-6-7-19-31(30)34)35-22-10-13-26-38(35)41(27)36-24-11-8-20-32(36)33-21-9-12-25-37(33)41/h4,6-13,15-22,24-26H,2-3,5,14,23H2,1H3. The Balaban J connectivity index is 1.49. The minimum Gasteiger partial charge on any atom is -0.248 e. The minimum atomic E-state index is -0.355. The summed E-state index contributed by atoms with van der Waals surface area (Å²) in [7, 11) is 0. The van der Waals surface area contributed by atoms with E-state index in [2.05, 4.69) is 135 Å². The number of nitrogens with zero attached hydrogens (tertiary/aromatic N) is 1. The van der Waals surface area contributed by atoms with Gasteiger partial charge in [-0.15, -0.1) is 0 Å². The Morgan fingerprint density at radius 2 is 1.31 bits per heavy atom. The lowest BCUT2D eigenvalue weighted by Crippen LogP contribution is -2.32. The second-order valence-electron chi connectivity index (χ2n) is 11.7. The van der Waals surface area contributed by atoms with E-state index in [0.29, 0.717) is 0 Å². The fraction of sp³-hybridized carbons (Fsp3) is 0.146. The zero-order valence-corrected chi connectivity index (χ0v) is 24.0. The van der Waals surface area contributed by atoms with Gasteiger partial charge < -0.3 is 0 Å². The second kappa shape index (κ2) is 9.67. The van der Waals surface area contributed by atoms with E-state index in [9.17, 15) is 0 Å². The monoisotopic (exact) mass is 539 g/mol. The predicted octanol–water partition coefficient (Wildman–Crippen LogP) is 8.44. The van der Waals surface area contributed by atoms with Crippen molar-refractivity contribution in [1.29, 1.82) is 0 Å². The summed E-state index contributed by atoms with van der Waals surface area (Å²) < 4.78 is 0. The fourth-order valence-corrected chi connectivity index (χ4v) is 7.86. The molecule has 8 rings (SSSR count). The van der Waals surface area contributed by atoms with Crippen molar-refractivity contribution in [2.45, 2.75) is 38.0 Å². The Labute approximate surface area is 248 Å². The summed E-state index contributed by atoms with van der Waals surface area (Å²) in [5.74, 6) is 0. The normalized spacial score (nSPS) is 17.8. The van der Waals surface area contributed by atoms with Gasteiger partial charge in [-0.1, -0.05) is 128 Å². The average molecular weight is 540 g/mol. The summed E-state index contributed by atoms with van der Waals surface area (Å²) in [4.78, 5) is 5.51. The molecule has 4 aliphatic carbocycles. The Morgan fingerprint density at radius 3 is 2.00 bits per heavy atom. The summed E-state index contributed by atoms with van der Waals surface area (Å²) in [6.07, 6.45) is 13.2. The van der Waals surface area contributed by atoms with Gasteiger partial charge in [-0.3, -0.25) is 0 Å². The Morgan fingerprint density at radius 1 is 0.690 bits per heavy atom. The number of hydrogen-bond acceptors (Lipinski definition) is 1. The minimum absolute atomic E-state index is 0.355. The van der Waals surface area contributed by atoms with Gasteiger partial charge in [0.2, 0.25) is 0 Å². The van der Waals surface area contributed by atoms with Crippen molar-refractivity contribution >= 4 is 22.9 Å². The Hall–Kier alpha value is -4.75. The van der Waals surface area contributed by atoms with Crippen LogP contribution in [0.3, 0.4) is 0 Å². The Kier molecular flexibility index (Phi) is 5.76. The van der Waals surface area contributed by atoms with Crippen molar-refractivity contribution in [3.05, 3.63) is 171 Å². The number of allylic oxidation sites excluding steroid dienone is 5. The van der Waals surface area contributed by atoms with Crippen LogP contribution < -0.4 is 10.4 Å². The van der Waals surface area contributed by atoms with E-state index in [1.807, 2.05) is 0 Å². The van der Waals surface area contributed by atoms with Crippen molar-refractivity contribution in [3.8, 4) is 11.1 Å². The summed E-state index contributed by atoms with van der Waals surface area (Å²) in [5.41, 5.74) is 14.6. The topological polar surface area (TPSA) is 12.4 Å². The maximum absolute atomic E-state index is 5.51. The zero-order valence-electron chi connectivity index (χ0n) is 24.0. The molecule has 202 valence electrons. The molecular formula is C41H33N. The van der Waals surface area contributed by atoms with Gasteiger partial charge in [0.05, 0.1) is 16.8 Å². The highest BCUT2D eigenvalue weighted by atomic mass is 14.8. The average Bonchev–Trinajstić information content (AvgIpc) is 3.50. The molecule has 1 spiro atoms. The molecule has 0 aromatic heterocycles. The van der Waals surface area contributed by atoms with Crippen molar-refractivity contribution in [2.24, 2.45) is 4.99 Å². The lowest BCUT2D eigenvalue weighted by molar-refractivity contribution is 0.767. The predicted molar refractivity (Wildman–Crippen MR) is 177 cm³/mol. The molecule has 1 nitrogen and oxygen atoms in total. The van der Waals surface area contributed by atoms with Crippen LogP contribution in [0, 0.1) is 0 Å². The van der Waals surface area contributed by atoms with E-state index in [-0.39, 0.29) is 5.41 Å². The van der Waals surface area contributed by atoms with Gasteiger partial charge in [-0.25, -0.2) is 4.99 Å². The van der Waals surface area contributed by atoms with Gasteiger partial charge in [0, 0.05) is 5.57 Å². The lowest BCUT2D eigenvalue weighted by atomic mass is 9.70. The van der Waals surface area contributed by atoms with Crippen LogP contribution in [0.2, 0.25) is 0 Å². The van der Waals surface area contributed by atoms with Crippen LogP contribution in [-0.4, -0.2) is 5.71 Å². The highest BCUT2D eigenvalue weighted by Gasteiger charge is 2.52. The van der Waals surface area contributed by atoms with Gasteiger partial charge >= 0.3 is 0 Å². The van der Waals surface area contributed by atoms with Crippen LogP contribution in [0.25, 0.3) is 28.3 Å². The van der Waals surface area contributed by atoms with Gasteiger partial charge in [0.15, 0.2) is 0 Å². The summed E-state index contributed by atoms with van der Waals surface area (Å²) in [5, 5.41) is 2.58. The fourth-order valence-electron chi connectivity index (χ4n) is 7.86. The van der Waals surface area contributed by atoms with Crippen LogP contribution in [0.5, 0.6) is 0 Å². The van der Waals surface area contributed by atoms with E-state index in [1.165, 1.54) is 60.5 Å². The van der Waals surface area contributed by atoms with Crippen LogP contribution in [-0.2, 0) is 5.41 Å². The first kappa shape index (κ1) is 25.0. The Bertz CT molecular complexity index is 2010. The third-order valence-corrected chi connectivity index (χ3v) is 9.63. The largest absolute Gasteiger partial charge is 0.248 e. The molecule has 0 bridgehead atoms. The molecule has 0 unspecified atom stereocenters. The SMILES string of the molecule is C=C(N=C(C1=C(C)C2(c3ccccc31)c1ccccc1-c1ccccc12)C1=c2ccccc2=CCC1)C1=CCCC=C1. The number of benzene rings is 4. The molecule has 0 heterocycles. The molecule has 42 heavy (non-hydrogen) atoms. The molecule has 0 fully saturated rings. The summed E-state index contributed by atoms with van der Waals surface area (Å²) in [6, 6.07) is 35.8. The first-order valence-electron chi connectivity index (χ1n) is 15.1. The third kappa shape index (κ3) is 3.46. The van der Waals surface area contributed by atoms with Crippen molar-refractivity contribution in [3.63, 3.8) is 0 Å². The van der Waals surface area contributed by atoms with Crippen molar-refractivity contribution in [2.75, 3.05) is 0 Å². The molecule has 0 aliphatic heterocycles. The quantitative estimate of drug-likeness (QED) is 0.231. The first-order chi connectivity index (χ1) is 20.7. The van der Waals surface area contributed by atoms with Crippen molar-refractivity contribution in [1.82, 2.24) is 0 Å². The molecule has 0 saturated carbocycles.